The monoisotopic (exact) mass is 468 g/mol. The van der Waals surface area contributed by atoms with Crippen molar-refractivity contribution < 1.29 is 54.3 Å². The number of hydrogen-bond donors (Lipinski definition) is 2. The summed E-state index contributed by atoms with van der Waals surface area (Å²) in [6.07, 6.45) is -3.60. The minimum absolute atomic E-state index is 0.205. The SMILES string of the molecule is C=C(COCC(F)(F)S(=O)(=O)O)C(=O)OC(CC1CCCCC1)C(C)(O)C(F)(F)F. The fourth-order valence-corrected chi connectivity index (χ4v) is 3.17. The number of aliphatic hydroxyl groups is 1. The molecule has 0 heterocycles. The van der Waals surface area contributed by atoms with Gasteiger partial charge < -0.3 is 14.6 Å². The predicted molar refractivity (Wildman–Crippen MR) is 94.2 cm³/mol. The Hall–Kier alpha value is -1.31. The van der Waals surface area contributed by atoms with Crippen LogP contribution in [0.4, 0.5) is 22.0 Å². The highest BCUT2D eigenvalue weighted by atomic mass is 32.2. The van der Waals surface area contributed by atoms with Gasteiger partial charge in [0.05, 0.1) is 12.2 Å². The largest absolute Gasteiger partial charge is 0.456 e. The van der Waals surface area contributed by atoms with Gasteiger partial charge in [-0.15, -0.1) is 0 Å². The minimum atomic E-state index is -5.75. The maximum Gasteiger partial charge on any atom is 0.420 e. The second-order valence-corrected chi connectivity index (χ2v) is 9.04. The number of halogens is 5. The van der Waals surface area contributed by atoms with Gasteiger partial charge in [0.15, 0.2) is 5.60 Å². The average Bonchev–Trinajstić information content (AvgIpc) is 2.59. The first-order valence-corrected chi connectivity index (χ1v) is 10.5. The van der Waals surface area contributed by atoms with Crippen molar-refractivity contribution in [2.45, 2.75) is 68.6 Å². The van der Waals surface area contributed by atoms with E-state index >= 15 is 0 Å². The van der Waals surface area contributed by atoms with Crippen LogP contribution in [0.15, 0.2) is 12.2 Å². The molecule has 0 spiro atoms. The Labute approximate surface area is 171 Å². The summed E-state index contributed by atoms with van der Waals surface area (Å²) in [6.45, 7) is 0.826. The van der Waals surface area contributed by atoms with Crippen LogP contribution in [0.25, 0.3) is 0 Å². The molecule has 0 radical (unpaired) electrons. The summed E-state index contributed by atoms with van der Waals surface area (Å²) in [4.78, 5) is 12.1. The zero-order valence-electron chi connectivity index (χ0n) is 16.3. The first-order valence-electron chi connectivity index (χ1n) is 9.09. The number of rotatable bonds is 10. The van der Waals surface area contributed by atoms with Crippen molar-refractivity contribution in [2.24, 2.45) is 5.92 Å². The molecule has 2 unspecified atom stereocenters. The van der Waals surface area contributed by atoms with Gasteiger partial charge >= 0.3 is 27.5 Å². The lowest BCUT2D eigenvalue weighted by atomic mass is 9.81. The van der Waals surface area contributed by atoms with Crippen molar-refractivity contribution >= 4 is 16.1 Å². The molecule has 176 valence electrons. The van der Waals surface area contributed by atoms with Gasteiger partial charge in [-0.3, -0.25) is 4.55 Å². The summed E-state index contributed by atoms with van der Waals surface area (Å²) < 4.78 is 104. The molecule has 1 fully saturated rings. The van der Waals surface area contributed by atoms with Gasteiger partial charge in [0.25, 0.3) is 0 Å². The quantitative estimate of drug-likeness (QED) is 0.219. The Morgan fingerprint density at radius 3 is 2.17 bits per heavy atom. The lowest BCUT2D eigenvalue weighted by Crippen LogP contribution is -2.54. The predicted octanol–water partition coefficient (Wildman–Crippen LogP) is 3.24. The molecular weight excluding hydrogens is 443 g/mol. The molecule has 1 saturated carbocycles. The smallest absolute Gasteiger partial charge is 0.420 e. The third-order valence-corrected chi connectivity index (χ3v) is 5.81. The van der Waals surface area contributed by atoms with Crippen molar-refractivity contribution in [3.05, 3.63) is 12.2 Å². The molecule has 0 aromatic rings. The summed E-state index contributed by atoms with van der Waals surface area (Å²) in [6, 6.07) is 0. The molecule has 0 saturated heterocycles. The van der Waals surface area contributed by atoms with Crippen LogP contribution in [-0.4, -0.2) is 60.4 Å². The Bertz CT molecular complexity index is 712. The van der Waals surface area contributed by atoms with Gasteiger partial charge in [-0.1, -0.05) is 38.7 Å². The van der Waals surface area contributed by atoms with Gasteiger partial charge in [-0.2, -0.15) is 30.4 Å². The van der Waals surface area contributed by atoms with Crippen LogP contribution in [-0.2, 0) is 24.4 Å². The van der Waals surface area contributed by atoms with Crippen LogP contribution in [0.1, 0.15) is 45.4 Å². The second kappa shape index (κ2) is 9.88. The maximum atomic E-state index is 13.3. The highest BCUT2D eigenvalue weighted by molar-refractivity contribution is 7.86. The fraction of sp³-hybridized carbons (Fsp3) is 0.824. The molecule has 7 nitrogen and oxygen atoms in total. The number of esters is 1. The molecule has 2 atom stereocenters. The topological polar surface area (TPSA) is 110 Å². The maximum absolute atomic E-state index is 13.3. The lowest BCUT2D eigenvalue weighted by molar-refractivity contribution is -0.286. The summed E-state index contributed by atoms with van der Waals surface area (Å²) in [7, 11) is -5.75. The zero-order valence-corrected chi connectivity index (χ0v) is 17.1. The third-order valence-electron chi connectivity index (χ3n) is 4.93. The normalized spacial score (nSPS) is 19.7. The van der Waals surface area contributed by atoms with Crippen LogP contribution >= 0.6 is 0 Å². The Balaban J connectivity index is 2.79. The lowest BCUT2D eigenvalue weighted by Gasteiger charge is -2.36. The number of carbonyl (C=O) groups is 1. The fourth-order valence-electron chi connectivity index (χ4n) is 2.94. The van der Waals surface area contributed by atoms with Crippen LogP contribution in [0.3, 0.4) is 0 Å². The van der Waals surface area contributed by atoms with Crippen LogP contribution in [0.5, 0.6) is 0 Å². The molecule has 1 rings (SSSR count). The molecule has 0 bridgehead atoms. The van der Waals surface area contributed by atoms with Crippen molar-refractivity contribution in [1.82, 2.24) is 0 Å². The van der Waals surface area contributed by atoms with E-state index in [0.29, 0.717) is 19.8 Å². The highest BCUT2D eigenvalue weighted by Gasteiger charge is 2.57. The van der Waals surface area contributed by atoms with Crippen molar-refractivity contribution in [3.8, 4) is 0 Å². The number of alkyl halides is 5. The van der Waals surface area contributed by atoms with Crippen LogP contribution in [0.2, 0.25) is 0 Å². The van der Waals surface area contributed by atoms with E-state index < -0.39 is 58.0 Å². The number of carbonyl (C=O) groups excluding carboxylic acids is 1. The Morgan fingerprint density at radius 1 is 1.17 bits per heavy atom. The van der Waals surface area contributed by atoms with Gasteiger partial charge in [0, 0.05) is 0 Å². The molecule has 2 N–H and O–H groups in total. The van der Waals surface area contributed by atoms with Gasteiger partial charge in [-0.25, -0.2) is 4.79 Å². The van der Waals surface area contributed by atoms with E-state index in [-0.39, 0.29) is 12.3 Å². The van der Waals surface area contributed by atoms with Crippen molar-refractivity contribution in [1.29, 1.82) is 0 Å². The molecular formula is C17H25F5O7S. The minimum Gasteiger partial charge on any atom is -0.456 e. The first-order chi connectivity index (χ1) is 13.5. The van der Waals surface area contributed by atoms with Gasteiger partial charge in [0.2, 0.25) is 0 Å². The van der Waals surface area contributed by atoms with E-state index in [0.717, 1.165) is 19.3 Å². The highest BCUT2D eigenvalue weighted by Crippen LogP contribution is 2.39. The molecule has 30 heavy (non-hydrogen) atoms. The number of hydrogen-bond acceptors (Lipinski definition) is 6. The average molecular weight is 468 g/mol. The Kier molecular flexibility index (Phi) is 8.80. The van der Waals surface area contributed by atoms with E-state index in [9.17, 15) is 40.3 Å². The van der Waals surface area contributed by atoms with E-state index in [1.807, 2.05) is 0 Å². The molecule has 13 heteroatoms. The number of ether oxygens (including phenoxy) is 2. The molecule has 0 aromatic carbocycles. The zero-order chi connectivity index (χ0) is 23.4. The summed E-state index contributed by atoms with van der Waals surface area (Å²) in [5.74, 6) is -1.63. The second-order valence-electron chi connectivity index (χ2n) is 7.49. The summed E-state index contributed by atoms with van der Waals surface area (Å²) in [5, 5.41) is 5.34. The summed E-state index contributed by atoms with van der Waals surface area (Å²) in [5.41, 5.74) is -4.04. The molecule has 0 aromatic heterocycles. The summed E-state index contributed by atoms with van der Waals surface area (Å²) >= 11 is 0. The molecule has 1 aliphatic rings. The van der Waals surface area contributed by atoms with E-state index in [1.165, 1.54) is 0 Å². The standard InChI is InChI=1S/C17H25F5O7S/c1-11(9-28-10-16(18,19)30(25,26)27)14(23)29-13(15(2,24)17(20,21)22)8-12-6-4-3-5-7-12/h12-13,24H,1,3-10H2,2H3,(H,25,26,27). The van der Waals surface area contributed by atoms with E-state index in [4.69, 9.17) is 9.29 Å². The van der Waals surface area contributed by atoms with E-state index in [1.54, 1.807) is 0 Å². The van der Waals surface area contributed by atoms with Crippen molar-refractivity contribution in [3.63, 3.8) is 0 Å². The molecule has 0 amide bonds. The van der Waals surface area contributed by atoms with Crippen molar-refractivity contribution in [2.75, 3.05) is 13.2 Å². The van der Waals surface area contributed by atoms with Gasteiger partial charge in [0.1, 0.15) is 12.7 Å². The van der Waals surface area contributed by atoms with E-state index in [2.05, 4.69) is 11.3 Å². The van der Waals surface area contributed by atoms with Crippen LogP contribution in [0, 0.1) is 5.92 Å². The first kappa shape index (κ1) is 26.7. The van der Waals surface area contributed by atoms with Crippen LogP contribution < -0.4 is 0 Å². The Morgan fingerprint density at radius 2 is 1.70 bits per heavy atom. The third kappa shape index (κ3) is 7.13. The molecule has 0 aliphatic heterocycles. The molecule has 1 aliphatic carbocycles. The van der Waals surface area contributed by atoms with Gasteiger partial charge in [-0.05, 0) is 19.3 Å².